The zero-order valence-electron chi connectivity index (χ0n) is 12.9. The van der Waals surface area contributed by atoms with Crippen LogP contribution in [0.5, 0.6) is 5.75 Å². The van der Waals surface area contributed by atoms with Gasteiger partial charge in [-0.25, -0.2) is 0 Å². The average Bonchev–Trinajstić information content (AvgIpc) is 2.35. The van der Waals surface area contributed by atoms with Gasteiger partial charge in [0.15, 0.2) is 0 Å². The van der Waals surface area contributed by atoms with Crippen LogP contribution < -0.4 is 15.8 Å². The van der Waals surface area contributed by atoms with Gasteiger partial charge in [-0.15, -0.1) is 0 Å². The molecule has 3 nitrogen and oxygen atoms in total. The summed E-state index contributed by atoms with van der Waals surface area (Å²) >= 11 is 0. The van der Waals surface area contributed by atoms with Crippen LogP contribution in [0.1, 0.15) is 39.7 Å². The standard InChI is InChI=1S/C16H28N2O/c1-12(8-9-17)11-18-13-6-7-15(19-5)14(10-13)16(2,3)4/h6-7,10,12,18H,8-9,11,17H2,1-5H3. The lowest BCUT2D eigenvalue weighted by atomic mass is 9.86. The number of methoxy groups -OCH3 is 1. The number of nitrogens with two attached hydrogens (primary N) is 1. The molecule has 0 amide bonds. The van der Waals surface area contributed by atoms with Gasteiger partial charge in [0.2, 0.25) is 0 Å². The molecule has 0 radical (unpaired) electrons. The molecule has 0 aromatic heterocycles. The topological polar surface area (TPSA) is 47.3 Å². The van der Waals surface area contributed by atoms with Crippen molar-refractivity contribution in [2.24, 2.45) is 11.7 Å². The van der Waals surface area contributed by atoms with Crippen LogP contribution in [0, 0.1) is 5.92 Å². The smallest absolute Gasteiger partial charge is 0.122 e. The number of anilines is 1. The molecule has 0 bridgehead atoms. The summed E-state index contributed by atoms with van der Waals surface area (Å²) in [6.07, 6.45) is 1.05. The second-order valence-corrected chi connectivity index (χ2v) is 6.23. The number of nitrogens with one attached hydrogen (secondary N) is 1. The van der Waals surface area contributed by atoms with E-state index in [2.05, 4.69) is 45.1 Å². The molecule has 3 heteroatoms. The number of rotatable bonds is 6. The monoisotopic (exact) mass is 264 g/mol. The molecular weight excluding hydrogens is 236 g/mol. The summed E-state index contributed by atoms with van der Waals surface area (Å²) in [6.45, 7) is 10.5. The fourth-order valence-electron chi connectivity index (χ4n) is 2.08. The van der Waals surface area contributed by atoms with E-state index < -0.39 is 0 Å². The Bertz CT molecular complexity index is 396. The molecular formula is C16H28N2O. The Morgan fingerprint density at radius 1 is 1.32 bits per heavy atom. The molecule has 0 aliphatic rings. The molecule has 1 aromatic carbocycles. The Balaban J connectivity index is 2.81. The van der Waals surface area contributed by atoms with Gasteiger partial charge in [-0.2, -0.15) is 0 Å². The quantitative estimate of drug-likeness (QED) is 0.828. The van der Waals surface area contributed by atoms with Crippen molar-refractivity contribution in [2.45, 2.75) is 39.5 Å². The van der Waals surface area contributed by atoms with Crippen LogP contribution in [-0.4, -0.2) is 20.2 Å². The molecule has 1 aromatic rings. The van der Waals surface area contributed by atoms with Crippen LogP contribution >= 0.6 is 0 Å². The largest absolute Gasteiger partial charge is 0.496 e. The minimum atomic E-state index is 0.0753. The lowest BCUT2D eigenvalue weighted by Gasteiger charge is -2.23. The van der Waals surface area contributed by atoms with Gasteiger partial charge in [-0.1, -0.05) is 27.7 Å². The molecule has 0 heterocycles. The first-order valence-electron chi connectivity index (χ1n) is 7.01. The van der Waals surface area contributed by atoms with Gasteiger partial charge in [0.25, 0.3) is 0 Å². The minimum Gasteiger partial charge on any atom is -0.496 e. The lowest BCUT2D eigenvalue weighted by molar-refractivity contribution is 0.397. The number of hydrogen-bond acceptors (Lipinski definition) is 3. The maximum absolute atomic E-state index is 5.57. The Labute approximate surface area is 117 Å². The molecule has 1 atom stereocenters. The van der Waals surface area contributed by atoms with Crippen molar-refractivity contribution in [1.29, 1.82) is 0 Å². The summed E-state index contributed by atoms with van der Waals surface area (Å²) < 4.78 is 5.45. The third kappa shape index (κ3) is 4.75. The van der Waals surface area contributed by atoms with Gasteiger partial charge in [-0.3, -0.25) is 0 Å². The highest BCUT2D eigenvalue weighted by Gasteiger charge is 2.19. The molecule has 1 unspecified atom stereocenters. The van der Waals surface area contributed by atoms with E-state index in [0.717, 1.165) is 30.9 Å². The van der Waals surface area contributed by atoms with E-state index in [-0.39, 0.29) is 5.41 Å². The van der Waals surface area contributed by atoms with E-state index in [4.69, 9.17) is 10.5 Å². The van der Waals surface area contributed by atoms with Crippen molar-refractivity contribution in [1.82, 2.24) is 0 Å². The lowest BCUT2D eigenvalue weighted by Crippen LogP contribution is -2.16. The predicted octanol–water partition coefficient (Wildman–Crippen LogP) is 3.39. The Morgan fingerprint density at radius 2 is 2.00 bits per heavy atom. The van der Waals surface area contributed by atoms with Crippen molar-refractivity contribution in [3.05, 3.63) is 23.8 Å². The summed E-state index contributed by atoms with van der Waals surface area (Å²) in [5.74, 6) is 1.54. The zero-order chi connectivity index (χ0) is 14.5. The number of ether oxygens (including phenoxy) is 1. The summed E-state index contributed by atoms with van der Waals surface area (Å²) in [7, 11) is 1.72. The zero-order valence-corrected chi connectivity index (χ0v) is 12.9. The average molecular weight is 264 g/mol. The van der Waals surface area contributed by atoms with E-state index in [1.165, 1.54) is 5.56 Å². The summed E-state index contributed by atoms with van der Waals surface area (Å²) in [4.78, 5) is 0. The van der Waals surface area contributed by atoms with Crippen LogP contribution in [0.25, 0.3) is 0 Å². The molecule has 0 saturated carbocycles. The van der Waals surface area contributed by atoms with Crippen LogP contribution in [0.2, 0.25) is 0 Å². The van der Waals surface area contributed by atoms with E-state index in [1.54, 1.807) is 7.11 Å². The van der Waals surface area contributed by atoms with Crippen LogP contribution in [-0.2, 0) is 5.41 Å². The van der Waals surface area contributed by atoms with Crippen LogP contribution in [0.4, 0.5) is 5.69 Å². The van der Waals surface area contributed by atoms with E-state index in [9.17, 15) is 0 Å². The maximum Gasteiger partial charge on any atom is 0.122 e. The highest BCUT2D eigenvalue weighted by Crippen LogP contribution is 2.33. The third-order valence-electron chi connectivity index (χ3n) is 3.32. The molecule has 0 aliphatic carbocycles. The molecule has 0 fully saturated rings. The van der Waals surface area contributed by atoms with Gasteiger partial charge in [0, 0.05) is 17.8 Å². The van der Waals surface area contributed by atoms with E-state index in [0.29, 0.717) is 5.92 Å². The fourth-order valence-corrected chi connectivity index (χ4v) is 2.08. The second-order valence-electron chi connectivity index (χ2n) is 6.23. The van der Waals surface area contributed by atoms with E-state index >= 15 is 0 Å². The number of hydrogen-bond donors (Lipinski definition) is 2. The fraction of sp³-hybridized carbons (Fsp3) is 0.625. The summed E-state index contributed by atoms with van der Waals surface area (Å²) in [6, 6.07) is 6.30. The molecule has 19 heavy (non-hydrogen) atoms. The van der Waals surface area contributed by atoms with E-state index in [1.807, 2.05) is 6.07 Å². The first kappa shape index (κ1) is 15.8. The molecule has 108 valence electrons. The molecule has 0 saturated heterocycles. The minimum absolute atomic E-state index is 0.0753. The summed E-state index contributed by atoms with van der Waals surface area (Å²) in [5, 5.41) is 3.48. The Morgan fingerprint density at radius 3 is 2.53 bits per heavy atom. The molecule has 0 spiro atoms. The predicted molar refractivity (Wildman–Crippen MR) is 83.0 cm³/mol. The maximum atomic E-state index is 5.57. The van der Waals surface area contributed by atoms with Crippen LogP contribution in [0.15, 0.2) is 18.2 Å². The highest BCUT2D eigenvalue weighted by molar-refractivity contribution is 5.53. The highest BCUT2D eigenvalue weighted by atomic mass is 16.5. The van der Waals surface area contributed by atoms with Crippen molar-refractivity contribution in [3.8, 4) is 5.75 Å². The van der Waals surface area contributed by atoms with Gasteiger partial charge in [0.05, 0.1) is 7.11 Å². The van der Waals surface area contributed by atoms with Gasteiger partial charge < -0.3 is 15.8 Å². The van der Waals surface area contributed by atoms with Crippen LogP contribution in [0.3, 0.4) is 0 Å². The third-order valence-corrected chi connectivity index (χ3v) is 3.32. The van der Waals surface area contributed by atoms with Gasteiger partial charge in [0.1, 0.15) is 5.75 Å². The Hall–Kier alpha value is -1.22. The molecule has 1 rings (SSSR count). The summed E-state index contributed by atoms with van der Waals surface area (Å²) in [5.41, 5.74) is 8.02. The SMILES string of the molecule is COc1ccc(NCC(C)CCN)cc1C(C)(C)C. The molecule has 3 N–H and O–H groups in total. The van der Waals surface area contributed by atoms with Crippen molar-refractivity contribution >= 4 is 5.69 Å². The first-order chi connectivity index (χ1) is 8.88. The first-order valence-corrected chi connectivity index (χ1v) is 7.01. The molecule has 0 aliphatic heterocycles. The Kier molecular flexibility index (Phi) is 5.67. The second kappa shape index (κ2) is 6.80. The number of benzene rings is 1. The normalized spacial score (nSPS) is 13.2. The van der Waals surface area contributed by atoms with Gasteiger partial charge >= 0.3 is 0 Å². The van der Waals surface area contributed by atoms with Crippen molar-refractivity contribution < 1.29 is 4.74 Å². The van der Waals surface area contributed by atoms with Crippen molar-refractivity contribution in [3.63, 3.8) is 0 Å². The van der Waals surface area contributed by atoms with Gasteiger partial charge in [-0.05, 0) is 42.5 Å². The van der Waals surface area contributed by atoms with Crippen molar-refractivity contribution in [2.75, 3.05) is 25.5 Å².